The van der Waals surface area contributed by atoms with Crippen molar-refractivity contribution < 1.29 is 4.74 Å². The first-order valence-electron chi connectivity index (χ1n) is 5.87. The highest BCUT2D eigenvalue weighted by Gasteiger charge is 2.12. The molecule has 0 aliphatic heterocycles. The molecule has 0 fully saturated rings. The first-order valence-corrected chi connectivity index (χ1v) is 6.25. The first kappa shape index (κ1) is 13.0. The summed E-state index contributed by atoms with van der Waals surface area (Å²) in [6, 6.07) is 0. The zero-order valence-corrected chi connectivity index (χ0v) is 11.2. The van der Waals surface area contributed by atoms with Gasteiger partial charge < -0.3 is 14.6 Å². The molecule has 7 heteroatoms. The number of nitrogens with zero attached hydrogens (tertiary/aromatic N) is 4. The predicted octanol–water partition coefficient (Wildman–Crippen LogP) is 1.95. The van der Waals surface area contributed by atoms with Crippen molar-refractivity contribution in [1.82, 2.24) is 19.5 Å². The van der Waals surface area contributed by atoms with E-state index in [4.69, 9.17) is 16.3 Å². The summed E-state index contributed by atoms with van der Waals surface area (Å²) in [4.78, 5) is 12.6. The molecule has 2 heterocycles. The molecule has 0 aromatic carbocycles. The molecule has 1 N–H and O–H groups in total. The third-order valence-corrected chi connectivity index (χ3v) is 2.71. The number of nitrogens with one attached hydrogen (secondary N) is 1. The Labute approximate surface area is 110 Å². The number of halogens is 1. The summed E-state index contributed by atoms with van der Waals surface area (Å²) in [7, 11) is 1.69. The molecule has 0 saturated heterocycles. The standard InChI is InChI=1S/C11H16ClN5O/c1-3-13-9-8-10(16-11(12)15-9)14-7-17(8)5-4-6-18-2/h7H,3-6H2,1-2H3,(H,13,15,16). The van der Waals surface area contributed by atoms with Crippen molar-refractivity contribution in [3.8, 4) is 0 Å². The van der Waals surface area contributed by atoms with E-state index in [9.17, 15) is 0 Å². The Bertz CT molecular complexity index is 527. The molecular formula is C11H16ClN5O. The molecule has 0 bridgehead atoms. The number of ether oxygens (including phenoxy) is 1. The van der Waals surface area contributed by atoms with E-state index < -0.39 is 0 Å². The van der Waals surface area contributed by atoms with Crippen molar-refractivity contribution in [3.63, 3.8) is 0 Å². The number of anilines is 1. The van der Waals surface area contributed by atoms with Crippen molar-refractivity contribution in [2.24, 2.45) is 0 Å². The van der Waals surface area contributed by atoms with E-state index in [1.54, 1.807) is 13.4 Å². The largest absolute Gasteiger partial charge is 0.385 e. The number of hydrogen-bond acceptors (Lipinski definition) is 5. The zero-order valence-electron chi connectivity index (χ0n) is 10.5. The summed E-state index contributed by atoms with van der Waals surface area (Å²) in [5.41, 5.74) is 1.50. The molecule has 0 saturated carbocycles. The fourth-order valence-electron chi connectivity index (χ4n) is 1.79. The Morgan fingerprint density at radius 2 is 2.28 bits per heavy atom. The van der Waals surface area contributed by atoms with Crippen molar-refractivity contribution in [2.45, 2.75) is 19.9 Å². The fraction of sp³-hybridized carbons (Fsp3) is 0.545. The molecule has 2 rings (SSSR count). The smallest absolute Gasteiger partial charge is 0.226 e. The van der Waals surface area contributed by atoms with E-state index in [0.29, 0.717) is 12.3 Å². The van der Waals surface area contributed by atoms with Crippen molar-refractivity contribution in [2.75, 3.05) is 25.6 Å². The van der Waals surface area contributed by atoms with Gasteiger partial charge in [-0.3, -0.25) is 0 Å². The minimum atomic E-state index is 0.209. The molecule has 6 nitrogen and oxygen atoms in total. The molecule has 0 atom stereocenters. The molecule has 2 aromatic rings. The van der Waals surface area contributed by atoms with Crippen LogP contribution in [0, 0.1) is 0 Å². The van der Waals surface area contributed by atoms with Crippen molar-refractivity contribution >= 4 is 28.6 Å². The van der Waals surface area contributed by atoms with Crippen LogP contribution in [0.15, 0.2) is 6.33 Å². The van der Waals surface area contributed by atoms with Crippen LogP contribution in [0.2, 0.25) is 5.28 Å². The van der Waals surface area contributed by atoms with Crippen LogP contribution in [0.4, 0.5) is 5.82 Å². The quantitative estimate of drug-likeness (QED) is 0.641. The number of imidazole rings is 1. The predicted molar refractivity (Wildman–Crippen MR) is 71.0 cm³/mol. The second-order valence-corrected chi connectivity index (χ2v) is 4.17. The van der Waals surface area contributed by atoms with Gasteiger partial charge in [0.25, 0.3) is 0 Å². The first-order chi connectivity index (χ1) is 8.76. The maximum atomic E-state index is 5.86. The Hall–Kier alpha value is -1.40. The van der Waals surface area contributed by atoms with Gasteiger partial charge in [0.05, 0.1) is 6.33 Å². The molecule has 0 unspecified atom stereocenters. The highest BCUT2D eigenvalue weighted by molar-refractivity contribution is 6.28. The average molecular weight is 270 g/mol. The molecule has 0 spiro atoms. The Morgan fingerprint density at radius 1 is 1.44 bits per heavy atom. The Morgan fingerprint density at radius 3 is 3.00 bits per heavy atom. The number of fused-ring (bicyclic) bond motifs is 1. The van der Waals surface area contributed by atoms with Gasteiger partial charge >= 0.3 is 0 Å². The fourth-order valence-corrected chi connectivity index (χ4v) is 1.96. The lowest BCUT2D eigenvalue weighted by Crippen LogP contribution is -2.06. The molecule has 0 radical (unpaired) electrons. The number of aromatic nitrogens is 4. The number of rotatable bonds is 6. The van der Waals surface area contributed by atoms with Gasteiger partial charge in [-0.25, -0.2) is 4.98 Å². The minimum absolute atomic E-state index is 0.209. The van der Waals surface area contributed by atoms with Crippen LogP contribution in [0.3, 0.4) is 0 Å². The number of methoxy groups -OCH3 is 1. The minimum Gasteiger partial charge on any atom is -0.385 e. The SMILES string of the molecule is CCNc1nc(Cl)nc2ncn(CCCOC)c12. The van der Waals surface area contributed by atoms with Gasteiger partial charge in [-0.15, -0.1) is 0 Å². The van der Waals surface area contributed by atoms with E-state index in [1.165, 1.54) is 0 Å². The van der Waals surface area contributed by atoms with Gasteiger partial charge in [0.1, 0.15) is 5.52 Å². The van der Waals surface area contributed by atoms with Crippen LogP contribution in [-0.4, -0.2) is 39.8 Å². The van der Waals surface area contributed by atoms with E-state index >= 15 is 0 Å². The number of aryl methyl sites for hydroxylation is 1. The van der Waals surface area contributed by atoms with E-state index in [2.05, 4.69) is 20.3 Å². The molecular weight excluding hydrogens is 254 g/mol. The van der Waals surface area contributed by atoms with E-state index in [-0.39, 0.29) is 5.28 Å². The second kappa shape index (κ2) is 5.97. The lowest BCUT2D eigenvalue weighted by Gasteiger charge is -2.08. The maximum Gasteiger partial charge on any atom is 0.226 e. The summed E-state index contributed by atoms with van der Waals surface area (Å²) in [6.45, 7) is 4.30. The van der Waals surface area contributed by atoms with Gasteiger partial charge in [0.2, 0.25) is 5.28 Å². The highest BCUT2D eigenvalue weighted by atomic mass is 35.5. The van der Waals surface area contributed by atoms with Crippen LogP contribution in [0.5, 0.6) is 0 Å². The van der Waals surface area contributed by atoms with E-state index in [1.807, 2.05) is 11.5 Å². The van der Waals surface area contributed by atoms with Crippen LogP contribution in [0.25, 0.3) is 11.2 Å². The van der Waals surface area contributed by atoms with Crippen LogP contribution in [-0.2, 0) is 11.3 Å². The monoisotopic (exact) mass is 269 g/mol. The van der Waals surface area contributed by atoms with Crippen LogP contribution < -0.4 is 5.32 Å². The van der Waals surface area contributed by atoms with Gasteiger partial charge in [-0.2, -0.15) is 9.97 Å². The average Bonchev–Trinajstić information content (AvgIpc) is 2.73. The summed E-state index contributed by atoms with van der Waals surface area (Å²) < 4.78 is 7.06. The lowest BCUT2D eigenvalue weighted by molar-refractivity contribution is 0.190. The number of hydrogen-bond donors (Lipinski definition) is 1. The van der Waals surface area contributed by atoms with Crippen molar-refractivity contribution in [1.29, 1.82) is 0 Å². The molecule has 0 aliphatic rings. The van der Waals surface area contributed by atoms with Crippen LogP contribution in [0.1, 0.15) is 13.3 Å². The third kappa shape index (κ3) is 2.70. The summed E-state index contributed by atoms with van der Waals surface area (Å²) in [5.74, 6) is 0.724. The highest BCUT2D eigenvalue weighted by Crippen LogP contribution is 2.21. The Balaban J connectivity index is 2.35. The summed E-state index contributed by atoms with van der Waals surface area (Å²) in [6.07, 6.45) is 2.67. The Kier molecular flexibility index (Phi) is 4.33. The van der Waals surface area contributed by atoms with Gasteiger partial charge in [0.15, 0.2) is 11.5 Å². The van der Waals surface area contributed by atoms with Gasteiger partial charge in [-0.05, 0) is 24.9 Å². The maximum absolute atomic E-state index is 5.86. The second-order valence-electron chi connectivity index (χ2n) is 3.83. The summed E-state index contributed by atoms with van der Waals surface area (Å²) >= 11 is 5.86. The third-order valence-electron chi connectivity index (χ3n) is 2.54. The molecule has 2 aromatic heterocycles. The lowest BCUT2D eigenvalue weighted by atomic mass is 10.4. The molecule has 98 valence electrons. The molecule has 0 aliphatic carbocycles. The van der Waals surface area contributed by atoms with Gasteiger partial charge in [-0.1, -0.05) is 0 Å². The normalized spacial score (nSPS) is 11.1. The van der Waals surface area contributed by atoms with Crippen molar-refractivity contribution in [3.05, 3.63) is 11.6 Å². The summed E-state index contributed by atoms with van der Waals surface area (Å²) in [5, 5.41) is 3.39. The topological polar surface area (TPSA) is 64.9 Å². The molecule has 18 heavy (non-hydrogen) atoms. The molecule has 0 amide bonds. The van der Waals surface area contributed by atoms with Crippen LogP contribution >= 0.6 is 11.6 Å². The van der Waals surface area contributed by atoms with E-state index in [0.717, 1.165) is 30.8 Å². The zero-order chi connectivity index (χ0) is 13.0. The van der Waals surface area contributed by atoms with Gasteiger partial charge in [0, 0.05) is 26.8 Å².